The van der Waals surface area contributed by atoms with Gasteiger partial charge in [0.05, 0.1) is 0 Å². The molecule has 0 amide bonds. The summed E-state index contributed by atoms with van der Waals surface area (Å²) in [5.41, 5.74) is -1.69. The van der Waals surface area contributed by atoms with E-state index >= 15 is 0 Å². The zero-order valence-electron chi connectivity index (χ0n) is 35.2. The smallest absolute Gasteiger partial charge is 0.757 e. The molecule has 0 bridgehead atoms. The summed E-state index contributed by atoms with van der Waals surface area (Å²) in [6.45, 7) is 22.3. The summed E-state index contributed by atoms with van der Waals surface area (Å²) in [7, 11) is -12.0. The van der Waals surface area contributed by atoms with Crippen LogP contribution in [-0.2, 0) is 34.1 Å². The average Bonchev–Trinajstić information content (AvgIpc) is 3.09. The standard InChI is InChI=1S/4C9H13N2O.2BF4.2Cu/c4*1-9(2,3)11(12)8-6-4-5-7-10-8;2*2-1(3,4)5;;/h4*4-7H,1-3H3;;;;/q2*-1;2*+1;2*-1;2*+1. The van der Waals surface area contributed by atoms with Crippen molar-refractivity contribution in [1.82, 2.24) is 19.9 Å². The van der Waals surface area contributed by atoms with E-state index < -0.39 is 36.7 Å². The summed E-state index contributed by atoms with van der Waals surface area (Å²) < 4.78 is 79.8. The van der Waals surface area contributed by atoms with Crippen LogP contribution in [0.1, 0.15) is 83.1 Å². The molecule has 344 valence electrons. The van der Waals surface area contributed by atoms with Crippen molar-refractivity contribution in [3.8, 4) is 0 Å². The number of aromatic nitrogens is 4. The van der Waals surface area contributed by atoms with E-state index in [-0.39, 0.29) is 34.1 Å². The maximum Gasteiger partial charge on any atom is 1.00 e. The Balaban J connectivity index is -0.000000321. The van der Waals surface area contributed by atoms with Gasteiger partial charge in [-0.1, -0.05) is 34.1 Å². The fourth-order valence-electron chi connectivity index (χ4n) is 3.27. The second-order valence-corrected chi connectivity index (χ2v) is 15.6. The molecule has 4 rings (SSSR count). The van der Waals surface area contributed by atoms with E-state index in [0.717, 1.165) is 19.6 Å². The zero-order valence-corrected chi connectivity index (χ0v) is 37.1. The molecule has 0 saturated heterocycles. The molecule has 0 fully saturated rings. The first-order chi connectivity index (χ1) is 26.1. The predicted octanol–water partition coefficient (Wildman–Crippen LogP) is 11.5. The number of hydrogen-bond acceptors (Lipinski definition) is 10. The van der Waals surface area contributed by atoms with E-state index in [1.165, 1.54) is 0 Å². The quantitative estimate of drug-likeness (QED) is 0.0839. The maximum atomic E-state index is 11.5. The van der Waals surface area contributed by atoms with Gasteiger partial charge >= 0.3 is 60.3 Å². The number of hydroxylamine groups is 2. The molecule has 0 unspecified atom stereocenters. The van der Waals surface area contributed by atoms with Crippen molar-refractivity contribution in [2.45, 2.75) is 105 Å². The zero-order chi connectivity index (χ0) is 45.8. The van der Waals surface area contributed by atoms with Crippen LogP contribution in [0.5, 0.6) is 0 Å². The van der Waals surface area contributed by atoms with Crippen molar-refractivity contribution in [3.63, 3.8) is 0 Å². The summed E-state index contributed by atoms with van der Waals surface area (Å²) in [6, 6.07) is 21.2. The van der Waals surface area contributed by atoms with Crippen LogP contribution in [0.4, 0.5) is 57.8 Å². The molecule has 24 heteroatoms. The van der Waals surface area contributed by atoms with E-state index in [9.17, 15) is 54.8 Å². The second kappa shape index (κ2) is 27.7. The fraction of sp³-hybridized carbons (Fsp3) is 0.444. The molecular formula is C36H52B2Cu2F8N8O4. The number of nitrogens with zero attached hydrogens (tertiary/aromatic N) is 8. The Morgan fingerprint density at radius 1 is 0.450 bits per heavy atom. The largest absolute Gasteiger partial charge is 1.00 e. The van der Waals surface area contributed by atoms with E-state index in [2.05, 4.69) is 19.9 Å². The molecule has 0 aliphatic heterocycles. The van der Waals surface area contributed by atoms with Gasteiger partial charge in [0.2, 0.25) is 0 Å². The minimum atomic E-state index is -6.00. The Morgan fingerprint density at radius 2 is 0.667 bits per heavy atom. The first-order valence-corrected chi connectivity index (χ1v) is 17.3. The minimum Gasteiger partial charge on any atom is -0.757 e. The Bertz CT molecular complexity index is 1600. The van der Waals surface area contributed by atoms with Crippen molar-refractivity contribution in [1.29, 1.82) is 0 Å². The van der Waals surface area contributed by atoms with E-state index in [0.29, 0.717) is 23.3 Å². The molecule has 4 aromatic heterocycles. The summed E-state index contributed by atoms with van der Waals surface area (Å²) >= 11 is 0. The summed E-state index contributed by atoms with van der Waals surface area (Å²) in [5.74, 6) is 1.85. The molecular weight excluding hydrogens is 909 g/mol. The van der Waals surface area contributed by atoms with Crippen LogP contribution in [0.15, 0.2) is 97.6 Å². The molecule has 0 aliphatic carbocycles. The number of rotatable bonds is 4. The van der Waals surface area contributed by atoms with Gasteiger partial charge in [0.1, 0.15) is 35.1 Å². The van der Waals surface area contributed by atoms with Crippen LogP contribution in [0, 0.1) is 20.2 Å². The molecule has 0 atom stereocenters. The summed E-state index contributed by atoms with van der Waals surface area (Å²) in [4.78, 5) is 38.9. The molecule has 0 aliphatic rings. The van der Waals surface area contributed by atoms with E-state index in [4.69, 9.17) is 0 Å². The molecule has 0 saturated carbocycles. The first kappa shape index (κ1) is 62.6. The number of halogens is 8. The SMILES string of the molecule is CC(C)(C)N([O-])c1ccccn1.CC(C)(C)N([O-])c1ccccn1.CC(C)(C)[N+](=O)c1ccccn1.CC(C)(C)[N+](=O)c1ccccn1.F[B-](F)(F)F.F[B-](F)(F)F.[Cu+].[Cu+]. The number of hydrogen-bond donors (Lipinski definition) is 0. The van der Waals surface area contributed by atoms with Gasteiger partial charge < -0.3 is 55.1 Å². The fourth-order valence-corrected chi connectivity index (χ4v) is 3.27. The third-order valence-electron chi connectivity index (χ3n) is 5.87. The monoisotopic (exact) mass is 960 g/mol. The Hall–Kier alpha value is -4.07. The molecule has 0 N–H and O–H groups in total. The van der Waals surface area contributed by atoms with E-state index in [1.54, 1.807) is 97.6 Å². The van der Waals surface area contributed by atoms with Crippen LogP contribution in [0.3, 0.4) is 0 Å². The number of nitroso groups, excluding NO2 is 2. The minimum absolute atomic E-state index is 0. The normalized spacial score (nSPS) is 11.0. The molecule has 4 aromatic rings. The van der Waals surface area contributed by atoms with Gasteiger partial charge in [0.25, 0.3) is 0 Å². The van der Waals surface area contributed by atoms with Gasteiger partial charge in [0, 0.05) is 35.6 Å². The van der Waals surface area contributed by atoms with Gasteiger partial charge in [-0.3, -0.25) is 0 Å². The molecule has 0 spiro atoms. The molecule has 0 radical (unpaired) electrons. The van der Waals surface area contributed by atoms with Gasteiger partial charge in [0.15, 0.2) is 0 Å². The summed E-state index contributed by atoms with van der Waals surface area (Å²) in [6.07, 6.45) is 6.47. The van der Waals surface area contributed by atoms with Gasteiger partial charge in [-0.05, 0) is 139 Å². The van der Waals surface area contributed by atoms with Crippen molar-refractivity contribution < 1.29 is 78.2 Å². The van der Waals surface area contributed by atoms with E-state index in [1.807, 2.05) is 83.1 Å². The van der Waals surface area contributed by atoms with Crippen molar-refractivity contribution in [2.75, 3.05) is 10.1 Å². The average molecular weight is 962 g/mol. The van der Waals surface area contributed by atoms with Gasteiger partial charge in [-0.25, -0.2) is 9.97 Å². The Morgan fingerprint density at radius 3 is 0.817 bits per heavy atom. The van der Waals surface area contributed by atoms with Crippen molar-refractivity contribution in [3.05, 3.63) is 118 Å². The third-order valence-corrected chi connectivity index (χ3v) is 5.87. The third kappa shape index (κ3) is 32.7. The van der Waals surface area contributed by atoms with Crippen LogP contribution < -0.4 is 10.1 Å². The second-order valence-electron chi connectivity index (χ2n) is 15.6. The van der Waals surface area contributed by atoms with Crippen LogP contribution in [0.2, 0.25) is 0 Å². The number of anilines is 2. The van der Waals surface area contributed by atoms with Gasteiger partial charge in [-0.2, -0.15) is 0 Å². The van der Waals surface area contributed by atoms with Crippen molar-refractivity contribution >= 4 is 37.8 Å². The summed E-state index contributed by atoms with van der Waals surface area (Å²) in [5, 5.41) is 24.9. The molecule has 12 nitrogen and oxygen atoms in total. The molecule has 60 heavy (non-hydrogen) atoms. The van der Waals surface area contributed by atoms with Crippen LogP contribution in [0.25, 0.3) is 0 Å². The Labute approximate surface area is 367 Å². The van der Waals surface area contributed by atoms with Crippen LogP contribution in [-0.4, -0.2) is 66.1 Å². The van der Waals surface area contributed by atoms with Gasteiger partial charge in [-0.15, -0.1) is 0 Å². The topological polar surface area (TPSA) is 144 Å². The molecule has 0 aromatic carbocycles. The Kier molecular flexibility index (Phi) is 28.9. The van der Waals surface area contributed by atoms with Crippen LogP contribution >= 0.6 is 0 Å². The first-order valence-electron chi connectivity index (χ1n) is 17.3. The number of pyridine rings is 4. The van der Waals surface area contributed by atoms with Crippen molar-refractivity contribution in [2.24, 2.45) is 0 Å². The molecule has 4 heterocycles. The predicted molar refractivity (Wildman–Crippen MR) is 215 cm³/mol. The maximum absolute atomic E-state index is 11.5.